The zero-order chi connectivity index (χ0) is 14.9. The van der Waals surface area contributed by atoms with E-state index >= 15 is 0 Å². The zero-order valence-corrected chi connectivity index (χ0v) is 12.1. The second kappa shape index (κ2) is 5.13. The van der Waals surface area contributed by atoms with E-state index in [9.17, 15) is 4.79 Å². The summed E-state index contributed by atoms with van der Waals surface area (Å²) in [5.41, 5.74) is 2.92. The van der Waals surface area contributed by atoms with Gasteiger partial charge in [0.05, 0.1) is 12.6 Å². The summed E-state index contributed by atoms with van der Waals surface area (Å²) in [5.74, 6) is 0.833. The lowest BCUT2D eigenvalue weighted by Gasteiger charge is -2.23. The molecule has 2 aromatic rings. The van der Waals surface area contributed by atoms with Crippen LogP contribution in [0, 0.1) is 0 Å². The molecule has 1 aliphatic heterocycles. The highest BCUT2D eigenvalue weighted by molar-refractivity contribution is 5.78. The van der Waals surface area contributed by atoms with Gasteiger partial charge in [-0.25, -0.2) is 4.79 Å². The monoisotopic (exact) mass is 282 g/mol. The standard InChI is InChI=1S/C17H18N2O2/c1-17(11-18-16(20)19-17)14-7-3-5-12(9-14)13-6-4-8-15(10-13)21-2/h3-10H,11H2,1-2H3,(H2,18,19,20). The van der Waals surface area contributed by atoms with Crippen molar-refractivity contribution < 1.29 is 9.53 Å². The fraction of sp³-hybridized carbons (Fsp3) is 0.235. The first-order valence-electron chi connectivity index (χ1n) is 6.92. The number of carbonyl (C=O) groups is 1. The molecule has 0 spiro atoms. The summed E-state index contributed by atoms with van der Waals surface area (Å²) in [5, 5.41) is 5.79. The van der Waals surface area contributed by atoms with Crippen molar-refractivity contribution in [2.75, 3.05) is 13.7 Å². The first-order valence-corrected chi connectivity index (χ1v) is 6.92. The van der Waals surface area contributed by atoms with Gasteiger partial charge in [-0.1, -0.05) is 30.3 Å². The topological polar surface area (TPSA) is 50.4 Å². The van der Waals surface area contributed by atoms with Crippen molar-refractivity contribution in [3.8, 4) is 16.9 Å². The molecular weight excluding hydrogens is 264 g/mol. The molecule has 21 heavy (non-hydrogen) atoms. The van der Waals surface area contributed by atoms with Crippen LogP contribution in [0.25, 0.3) is 11.1 Å². The number of methoxy groups -OCH3 is 1. The Bertz CT molecular complexity index is 684. The molecule has 108 valence electrons. The summed E-state index contributed by atoms with van der Waals surface area (Å²) in [6.07, 6.45) is 0. The van der Waals surface area contributed by atoms with Crippen LogP contribution < -0.4 is 15.4 Å². The minimum Gasteiger partial charge on any atom is -0.497 e. The van der Waals surface area contributed by atoms with Gasteiger partial charge in [0.15, 0.2) is 0 Å². The second-order valence-electron chi connectivity index (χ2n) is 5.45. The van der Waals surface area contributed by atoms with Crippen LogP contribution in [0.2, 0.25) is 0 Å². The van der Waals surface area contributed by atoms with Gasteiger partial charge in [-0.05, 0) is 41.8 Å². The molecule has 0 aromatic heterocycles. The smallest absolute Gasteiger partial charge is 0.315 e. The highest BCUT2D eigenvalue weighted by Gasteiger charge is 2.34. The fourth-order valence-electron chi connectivity index (χ4n) is 2.61. The number of benzene rings is 2. The van der Waals surface area contributed by atoms with E-state index in [1.807, 2.05) is 37.3 Å². The van der Waals surface area contributed by atoms with Crippen molar-refractivity contribution in [2.24, 2.45) is 0 Å². The third-order valence-corrected chi connectivity index (χ3v) is 3.89. The predicted octanol–water partition coefficient (Wildman–Crippen LogP) is 2.89. The summed E-state index contributed by atoms with van der Waals surface area (Å²) in [7, 11) is 1.66. The summed E-state index contributed by atoms with van der Waals surface area (Å²) in [6, 6.07) is 16.1. The van der Waals surface area contributed by atoms with Crippen molar-refractivity contribution in [1.29, 1.82) is 0 Å². The molecule has 1 heterocycles. The number of nitrogens with one attached hydrogen (secondary N) is 2. The van der Waals surface area contributed by atoms with E-state index < -0.39 is 0 Å². The van der Waals surface area contributed by atoms with Crippen molar-refractivity contribution in [3.05, 3.63) is 54.1 Å². The number of hydrogen-bond acceptors (Lipinski definition) is 2. The maximum absolute atomic E-state index is 11.4. The lowest BCUT2D eigenvalue weighted by Crippen LogP contribution is -2.37. The van der Waals surface area contributed by atoms with E-state index in [0.717, 1.165) is 22.4 Å². The quantitative estimate of drug-likeness (QED) is 0.909. The summed E-state index contributed by atoms with van der Waals surface area (Å²) in [4.78, 5) is 11.4. The molecule has 4 nitrogen and oxygen atoms in total. The third kappa shape index (κ3) is 2.57. The number of carbonyl (C=O) groups excluding carboxylic acids is 1. The molecule has 1 fully saturated rings. The highest BCUT2D eigenvalue weighted by atomic mass is 16.5. The van der Waals surface area contributed by atoms with E-state index in [1.165, 1.54) is 0 Å². The van der Waals surface area contributed by atoms with Crippen LogP contribution in [0.5, 0.6) is 5.75 Å². The lowest BCUT2D eigenvalue weighted by molar-refractivity contribution is 0.245. The van der Waals surface area contributed by atoms with Crippen molar-refractivity contribution in [3.63, 3.8) is 0 Å². The molecule has 2 aromatic carbocycles. The van der Waals surface area contributed by atoms with Crippen molar-refractivity contribution in [1.82, 2.24) is 10.6 Å². The molecule has 2 N–H and O–H groups in total. The van der Waals surface area contributed by atoms with Crippen LogP contribution in [0.1, 0.15) is 12.5 Å². The van der Waals surface area contributed by atoms with Crippen LogP contribution >= 0.6 is 0 Å². The highest BCUT2D eigenvalue weighted by Crippen LogP contribution is 2.29. The molecule has 0 saturated carbocycles. The Morgan fingerprint density at radius 2 is 1.81 bits per heavy atom. The van der Waals surface area contributed by atoms with Gasteiger partial charge in [-0.3, -0.25) is 0 Å². The van der Waals surface area contributed by atoms with Crippen LogP contribution in [-0.4, -0.2) is 19.7 Å². The normalized spacial score (nSPS) is 20.8. The zero-order valence-electron chi connectivity index (χ0n) is 12.1. The number of hydrogen-bond donors (Lipinski definition) is 2. The van der Waals surface area contributed by atoms with Crippen LogP contribution in [0.4, 0.5) is 4.79 Å². The largest absolute Gasteiger partial charge is 0.497 e. The van der Waals surface area contributed by atoms with Gasteiger partial charge in [0.2, 0.25) is 0 Å². The van der Waals surface area contributed by atoms with E-state index in [-0.39, 0.29) is 11.6 Å². The van der Waals surface area contributed by atoms with E-state index in [4.69, 9.17) is 4.74 Å². The first-order chi connectivity index (χ1) is 10.1. The number of urea groups is 1. The second-order valence-corrected chi connectivity index (χ2v) is 5.45. The summed E-state index contributed by atoms with van der Waals surface area (Å²) < 4.78 is 5.27. The van der Waals surface area contributed by atoms with Gasteiger partial charge in [-0.2, -0.15) is 0 Å². The van der Waals surface area contributed by atoms with E-state index in [2.05, 4.69) is 28.8 Å². The Hall–Kier alpha value is -2.49. The van der Waals surface area contributed by atoms with Crippen molar-refractivity contribution in [2.45, 2.75) is 12.5 Å². The Labute approximate surface area is 124 Å². The molecule has 0 aliphatic carbocycles. The molecule has 0 bridgehead atoms. The molecule has 4 heteroatoms. The van der Waals surface area contributed by atoms with Gasteiger partial charge in [0, 0.05) is 6.54 Å². The molecule has 1 atom stereocenters. The average molecular weight is 282 g/mol. The number of amides is 2. The van der Waals surface area contributed by atoms with Gasteiger partial charge in [0.1, 0.15) is 5.75 Å². The van der Waals surface area contributed by atoms with Crippen LogP contribution in [-0.2, 0) is 5.54 Å². The van der Waals surface area contributed by atoms with Crippen molar-refractivity contribution >= 4 is 6.03 Å². The summed E-state index contributed by atoms with van der Waals surface area (Å²) >= 11 is 0. The van der Waals surface area contributed by atoms with Gasteiger partial charge in [0.25, 0.3) is 0 Å². The maximum atomic E-state index is 11.4. The predicted molar refractivity (Wildman–Crippen MR) is 82.3 cm³/mol. The average Bonchev–Trinajstić information content (AvgIpc) is 2.88. The SMILES string of the molecule is COc1cccc(-c2cccc(C3(C)CNC(=O)N3)c2)c1. The molecule has 1 saturated heterocycles. The Morgan fingerprint density at radius 3 is 2.48 bits per heavy atom. The lowest BCUT2D eigenvalue weighted by atomic mass is 9.90. The minimum absolute atomic E-state index is 0.121. The summed E-state index contributed by atoms with van der Waals surface area (Å²) in [6.45, 7) is 2.61. The number of rotatable bonds is 3. The third-order valence-electron chi connectivity index (χ3n) is 3.89. The molecule has 0 radical (unpaired) electrons. The minimum atomic E-state index is -0.369. The van der Waals surface area contributed by atoms with Gasteiger partial charge < -0.3 is 15.4 Å². The first kappa shape index (κ1) is 13.5. The van der Waals surface area contributed by atoms with E-state index in [1.54, 1.807) is 7.11 Å². The molecule has 2 amide bonds. The van der Waals surface area contributed by atoms with Crippen LogP contribution in [0.15, 0.2) is 48.5 Å². The van der Waals surface area contributed by atoms with Gasteiger partial charge >= 0.3 is 6.03 Å². The molecule has 1 aliphatic rings. The van der Waals surface area contributed by atoms with Gasteiger partial charge in [-0.15, -0.1) is 0 Å². The van der Waals surface area contributed by atoms with Crippen LogP contribution in [0.3, 0.4) is 0 Å². The fourth-order valence-corrected chi connectivity index (χ4v) is 2.61. The van der Waals surface area contributed by atoms with E-state index in [0.29, 0.717) is 6.54 Å². The molecule has 3 rings (SSSR count). The molecule has 1 unspecified atom stereocenters. The maximum Gasteiger partial charge on any atom is 0.315 e. The molecular formula is C17H18N2O2. The Balaban J connectivity index is 1.98. The Kier molecular flexibility index (Phi) is 3.29. The Morgan fingerprint density at radius 1 is 1.10 bits per heavy atom. The number of ether oxygens (including phenoxy) is 1.